The lowest BCUT2D eigenvalue weighted by atomic mass is 10.0. The van der Waals surface area contributed by atoms with Crippen LogP contribution in [0.25, 0.3) is 0 Å². The molecule has 256 valence electrons. The number of carbonyl (C=O) groups is 2. The molecule has 2 amide bonds. The second kappa shape index (κ2) is 19.1. The van der Waals surface area contributed by atoms with Crippen LogP contribution >= 0.6 is 0 Å². The topological polar surface area (TPSA) is 138 Å². The number of hydrogen-bond acceptors (Lipinski definition) is 10. The molecule has 0 bridgehead atoms. The Morgan fingerprint density at radius 3 is 1.28 bits per heavy atom. The summed E-state index contributed by atoms with van der Waals surface area (Å²) in [6.07, 6.45) is 0. The Kier molecular flexibility index (Phi) is 14.9. The first kappa shape index (κ1) is 36.8. The fourth-order valence-electron chi connectivity index (χ4n) is 4.89. The number of benzene rings is 3. The lowest BCUT2D eigenvalue weighted by molar-refractivity contribution is -0.119. The van der Waals surface area contributed by atoms with Crippen molar-refractivity contribution in [2.75, 3.05) is 54.6 Å². The van der Waals surface area contributed by atoms with E-state index in [2.05, 4.69) is 21.3 Å². The molecule has 12 nitrogen and oxygen atoms in total. The summed E-state index contributed by atoms with van der Waals surface area (Å²) in [7, 11) is 6.44. The Hall–Kier alpha value is -4.68. The van der Waals surface area contributed by atoms with Crippen LogP contribution in [0.4, 0.5) is 0 Å². The van der Waals surface area contributed by atoms with Gasteiger partial charge in [0.15, 0.2) is 0 Å². The van der Waals surface area contributed by atoms with E-state index in [0.717, 1.165) is 27.8 Å². The van der Waals surface area contributed by atoms with Gasteiger partial charge in [-0.2, -0.15) is 0 Å². The number of amides is 2. The third-order valence-electron chi connectivity index (χ3n) is 7.46. The van der Waals surface area contributed by atoms with Crippen molar-refractivity contribution in [2.45, 2.75) is 47.1 Å². The first-order valence-corrected chi connectivity index (χ1v) is 15.4. The summed E-state index contributed by atoms with van der Waals surface area (Å²) in [6, 6.07) is 13.4. The molecule has 0 aliphatic rings. The molecule has 0 saturated heterocycles. The van der Waals surface area contributed by atoms with E-state index in [1.54, 1.807) is 28.4 Å². The predicted molar refractivity (Wildman–Crippen MR) is 180 cm³/mol. The SMILES string of the molecule is COc1cc(OCc2cccc(COc3cc(OC)c(CNCCNC(C)=O)c(OC)c3)c2C)cc(OC)c1CNCCNC(C)=O. The van der Waals surface area contributed by atoms with E-state index in [-0.39, 0.29) is 11.8 Å². The number of methoxy groups -OCH3 is 4. The maximum atomic E-state index is 11.1. The van der Waals surface area contributed by atoms with Gasteiger partial charge >= 0.3 is 0 Å². The maximum absolute atomic E-state index is 11.1. The van der Waals surface area contributed by atoms with Gasteiger partial charge in [0.2, 0.25) is 11.8 Å². The molecule has 3 aromatic carbocycles. The molecule has 3 rings (SSSR count). The van der Waals surface area contributed by atoms with E-state index in [1.807, 2.05) is 49.4 Å². The average Bonchev–Trinajstić information content (AvgIpc) is 3.06. The number of carbonyl (C=O) groups excluding carboxylic acids is 2. The van der Waals surface area contributed by atoms with Crippen LogP contribution in [0.5, 0.6) is 34.5 Å². The molecule has 0 unspecified atom stereocenters. The van der Waals surface area contributed by atoms with Gasteiger partial charge in [-0.15, -0.1) is 0 Å². The summed E-state index contributed by atoms with van der Waals surface area (Å²) in [6.45, 7) is 8.99. The standard InChI is InChI=1S/C35H48N4O8/c1-23-26(21-46-28-15-32(42-4)30(33(16-28)43-5)19-36-11-13-38-24(2)40)9-8-10-27(23)22-47-29-17-34(44-6)31(35(18-29)45-7)20-37-12-14-39-25(3)41/h8-10,15-18,36-37H,11-14,19-22H2,1-7H3,(H,38,40)(H,39,41). The number of rotatable bonds is 20. The van der Waals surface area contributed by atoms with Crippen LogP contribution in [0, 0.1) is 6.92 Å². The van der Waals surface area contributed by atoms with Gasteiger partial charge in [-0.25, -0.2) is 0 Å². The summed E-state index contributed by atoms with van der Waals surface area (Å²) in [5.41, 5.74) is 4.82. The van der Waals surface area contributed by atoms with E-state index in [9.17, 15) is 9.59 Å². The van der Waals surface area contributed by atoms with Crippen LogP contribution in [-0.4, -0.2) is 66.4 Å². The molecule has 0 spiro atoms. The van der Waals surface area contributed by atoms with E-state index in [4.69, 9.17) is 28.4 Å². The second-order valence-electron chi connectivity index (χ2n) is 10.7. The van der Waals surface area contributed by atoms with Crippen molar-refractivity contribution in [3.8, 4) is 34.5 Å². The average molecular weight is 653 g/mol. The van der Waals surface area contributed by atoms with Gasteiger partial charge in [0.1, 0.15) is 47.7 Å². The van der Waals surface area contributed by atoms with Gasteiger partial charge in [0.05, 0.1) is 39.6 Å². The van der Waals surface area contributed by atoms with E-state index in [1.165, 1.54) is 13.8 Å². The van der Waals surface area contributed by atoms with Gasteiger partial charge in [0.25, 0.3) is 0 Å². The highest BCUT2D eigenvalue weighted by molar-refractivity contribution is 5.73. The first-order chi connectivity index (χ1) is 22.7. The smallest absolute Gasteiger partial charge is 0.216 e. The van der Waals surface area contributed by atoms with Crippen LogP contribution in [-0.2, 0) is 35.9 Å². The van der Waals surface area contributed by atoms with Crippen LogP contribution < -0.4 is 49.7 Å². The van der Waals surface area contributed by atoms with Crippen molar-refractivity contribution in [3.63, 3.8) is 0 Å². The molecule has 0 aliphatic heterocycles. The van der Waals surface area contributed by atoms with Crippen LogP contribution in [0.15, 0.2) is 42.5 Å². The normalized spacial score (nSPS) is 10.6. The van der Waals surface area contributed by atoms with Crippen molar-refractivity contribution < 1.29 is 38.0 Å². The Morgan fingerprint density at radius 2 is 0.957 bits per heavy atom. The van der Waals surface area contributed by atoms with Crippen molar-refractivity contribution in [2.24, 2.45) is 0 Å². The predicted octanol–water partition coefficient (Wildman–Crippen LogP) is 3.64. The monoisotopic (exact) mass is 652 g/mol. The van der Waals surface area contributed by atoms with E-state index < -0.39 is 0 Å². The van der Waals surface area contributed by atoms with Crippen molar-refractivity contribution in [3.05, 3.63) is 70.3 Å². The molecule has 0 atom stereocenters. The van der Waals surface area contributed by atoms with Crippen LogP contribution in [0.3, 0.4) is 0 Å². The summed E-state index contributed by atoms with van der Waals surface area (Å²) < 4.78 is 35.0. The molecule has 0 fully saturated rings. The lowest BCUT2D eigenvalue weighted by Crippen LogP contribution is -2.30. The lowest BCUT2D eigenvalue weighted by Gasteiger charge is -2.18. The quantitative estimate of drug-likeness (QED) is 0.134. The zero-order valence-corrected chi connectivity index (χ0v) is 28.5. The summed E-state index contributed by atoms with van der Waals surface area (Å²) in [5, 5.41) is 12.1. The fraction of sp³-hybridized carbons (Fsp3) is 0.429. The molecule has 0 saturated carbocycles. The highest BCUT2D eigenvalue weighted by atomic mass is 16.5. The molecule has 3 aromatic rings. The minimum Gasteiger partial charge on any atom is -0.496 e. The molecule has 12 heteroatoms. The van der Waals surface area contributed by atoms with Gasteiger partial charge in [-0.3, -0.25) is 9.59 Å². The summed E-state index contributed by atoms with van der Waals surface area (Å²) in [4.78, 5) is 22.2. The van der Waals surface area contributed by atoms with Crippen molar-refractivity contribution in [1.82, 2.24) is 21.3 Å². The first-order valence-electron chi connectivity index (χ1n) is 15.4. The molecule has 0 heterocycles. The van der Waals surface area contributed by atoms with Crippen molar-refractivity contribution in [1.29, 1.82) is 0 Å². The van der Waals surface area contributed by atoms with Crippen molar-refractivity contribution >= 4 is 11.8 Å². The summed E-state index contributed by atoms with van der Waals surface area (Å²) >= 11 is 0. The minimum absolute atomic E-state index is 0.0646. The van der Waals surface area contributed by atoms with Gasteiger partial charge < -0.3 is 49.7 Å². The number of hydrogen-bond donors (Lipinski definition) is 4. The molecular weight excluding hydrogens is 604 g/mol. The molecule has 0 aromatic heterocycles. The van der Waals surface area contributed by atoms with Gasteiger partial charge in [-0.05, 0) is 23.6 Å². The Labute approximate surface area is 277 Å². The van der Waals surface area contributed by atoms with Crippen LogP contribution in [0.1, 0.15) is 41.7 Å². The molecular formula is C35H48N4O8. The van der Waals surface area contributed by atoms with E-state index in [0.29, 0.717) is 87.0 Å². The molecule has 0 radical (unpaired) electrons. The molecule has 0 aliphatic carbocycles. The maximum Gasteiger partial charge on any atom is 0.216 e. The highest BCUT2D eigenvalue weighted by Crippen LogP contribution is 2.36. The zero-order chi connectivity index (χ0) is 34.2. The third kappa shape index (κ3) is 11.3. The zero-order valence-electron chi connectivity index (χ0n) is 28.5. The third-order valence-corrected chi connectivity index (χ3v) is 7.46. The van der Waals surface area contributed by atoms with Gasteiger partial charge in [0, 0.05) is 77.4 Å². The minimum atomic E-state index is -0.0646. The van der Waals surface area contributed by atoms with E-state index >= 15 is 0 Å². The molecule has 4 N–H and O–H groups in total. The number of ether oxygens (including phenoxy) is 6. The van der Waals surface area contributed by atoms with Crippen LogP contribution in [0.2, 0.25) is 0 Å². The summed E-state index contributed by atoms with van der Waals surface area (Å²) in [5.74, 6) is 3.67. The second-order valence-corrected chi connectivity index (χ2v) is 10.7. The fourth-order valence-corrected chi connectivity index (χ4v) is 4.89. The highest BCUT2D eigenvalue weighted by Gasteiger charge is 2.16. The van der Waals surface area contributed by atoms with Gasteiger partial charge in [-0.1, -0.05) is 18.2 Å². The Morgan fingerprint density at radius 1 is 0.596 bits per heavy atom. The Balaban J connectivity index is 1.66. The largest absolute Gasteiger partial charge is 0.496 e. The Bertz CT molecular complexity index is 1320. The molecule has 47 heavy (non-hydrogen) atoms. The number of nitrogens with one attached hydrogen (secondary N) is 4.